The van der Waals surface area contributed by atoms with Crippen LogP contribution in [0.4, 0.5) is 5.69 Å². The maximum Gasteiger partial charge on any atom is 0.262 e. The number of nitrogens with zero attached hydrogens (tertiary/aromatic N) is 1. The molecule has 4 rings (SSSR count). The van der Waals surface area contributed by atoms with Crippen molar-refractivity contribution in [2.24, 2.45) is 5.92 Å². The van der Waals surface area contributed by atoms with Crippen molar-refractivity contribution in [3.05, 3.63) is 53.1 Å². The third-order valence-corrected chi connectivity index (χ3v) is 7.98. The smallest absolute Gasteiger partial charge is 0.262 e. The lowest BCUT2D eigenvalue weighted by Gasteiger charge is -2.31. The highest BCUT2D eigenvalue weighted by Crippen LogP contribution is 2.35. The first-order valence-corrected chi connectivity index (χ1v) is 12.1. The van der Waals surface area contributed by atoms with Crippen LogP contribution in [0.2, 0.25) is 0 Å². The van der Waals surface area contributed by atoms with Gasteiger partial charge in [0.05, 0.1) is 10.6 Å². The van der Waals surface area contributed by atoms with Crippen molar-refractivity contribution in [1.29, 1.82) is 0 Å². The summed E-state index contributed by atoms with van der Waals surface area (Å²) < 4.78 is 33.3. The Morgan fingerprint density at radius 2 is 1.84 bits per heavy atom. The number of aryl methyl sites for hydroxylation is 2. The molecule has 0 saturated carbocycles. The standard InChI is InChI=1S/C23H27N3O5S/c1-15-3-5-17(6-4-15)13-24-23(28)18-7-9-26(10-8-18)32(29,30)21-12-20-19(11-16(21)2)25-22(27)14-31-20/h3-6,11-12,18H,7-10,13-14H2,1-2H3,(H,24,28)(H,25,27). The number of ether oxygens (including phenoxy) is 1. The topological polar surface area (TPSA) is 105 Å². The molecule has 0 bridgehead atoms. The Hall–Kier alpha value is -2.91. The van der Waals surface area contributed by atoms with Crippen molar-refractivity contribution >= 4 is 27.5 Å². The van der Waals surface area contributed by atoms with E-state index in [4.69, 9.17) is 4.74 Å². The molecule has 0 unspecified atom stereocenters. The van der Waals surface area contributed by atoms with Crippen molar-refractivity contribution in [2.45, 2.75) is 38.1 Å². The predicted molar refractivity (Wildman–Crippen MR) is 120 cm³/mol. The van der Waals surface area contributed by atoms with Crippen molar-refractivity contribution in [3.8, 4) is 5.75 Å². The fourth-order valence-electron chi connectivity index (χ4n) is 4.03. The number of hydrogen-bond donors (Lipinski definition) is 2. The van der Waals surface area contributed by atoms with Crippen LogP contribution < -0.4 is 15.4 Å². The zero-order valence-corrected chi connectivity index (χ0v) is 19.0. The number of carbonyl (C=O) groups is 2. The van der Waals surface area contributed by atoms with Crippen LogP contribution in [0.1, 0.15) is 29.5 Å². The van der Waals surface area contributed by atoms with E-state index in [9.17, 15) is 18.0 Å². The predicted octanol–water partition coefficient (Wildman–Crippen LogP) is 2.35. The average molecular weight is 458 g/mol. The van der Waals surface area contributed by atoms with E-state index in [1.807, 2.05) is 31.2 Å². The first kappa shape index (κ1) is 22.3. The number of hydrogen-bond acceptors (Lipinski definition) is 5. The summed E-state index contributed by atoms with van der Waals surface area (Å²) in [7, 11) is -3.74. The first-order valence-electron chi connectivity index (χ1n) is 10.6. The molecule has 2 amide bonds. The highest BCUT2D eigenvalue weighted by atomic mass is 32.2. The molecule has 8 nitrogen and oxygen atoms in total. The van der Waals surface area contributed by atoms with Crippen molar-refractivity contribution in [2.75, 3.05) is 25.0 Å². The highest BCUT2D eigenvalue weighted by molar-refractivity contribution is 7.89. The van der Waals surface area contributed by atoms with Gasteiger partial charge in [0.1, 0.15) is 5.75 Å². The summed E-state index contributed by atoms with van der Waals surface area (Å²) in [5, 5.41) is 5.65. The second-order valence-electron chi connectivity index (χ2n) is 8.33. The van der Waals surface area contributed by atoms with Gasteiger partial charge in [0.2, 0.25) is 15.9 Å². The SMILES string of the molecule is Cc1ccc(CNC(=O)C2CCN(S(=O)(=O)c3cc4c(cc3C)NC(=O)CO4)CC2)cc1. The molecule has 2 heterocycles. The molecular weight excluding hydrogens is 430 g/mol. The van der Waals surface area contributed by atoms with E-state index in [0.29, 0.717) is 36.4 Å². The van der Waals surface area contributed by atoms with E-state index in [-0.39, 0.29) is 42.3 Å². The van der Waals surface area contributed by atoms with Gasteiger partial charge in [-0.1, -0.05) is 29.8 Å². The third-order valence-electron chi connectivity index (χ3n) is 5.94. The minimum absolute atomic E-state index is 0.0447. The van der Waals surface area contributed by atoms with Crippen LogP contribution in [0, 0.1) is 19.8 Å². The van der Waals surface area contributed by atoms with Gasteiger partial charge >= 0.3 is 0 Å². The maximum absolute atomic E-state index is 13.3. The molecule has 2 aliphatic rings. The number of nitrogens with one attached hydrogen (secondary N) is 2. The zero-order valence-electron chi connectivity index (χ0n) is 18.2. The molecule has 0 radical (unpaired) electrons. The van der Waals surface area contributed by atoms with Gasteiger partial charge in [0, 0.05) is 31.6 Å². The summed E-state index contributed by atoms with van der Waals surface area (Å²) in [6.45, 7) is 4.58. The van der Waals surface area contributed by atoms with E-state index in [1.165, 1.54) is 15.9 Å². The number of fused-ring (bicyclic) bond motifs is 1. The van der Waals surface area contributed by atoms with Crippen molar-refractivity contribution in [3.63, 3.8) is 0 Å². The van der Waals surface area contributed by atoms with Gasteiger partial charge < -0.3 is 15.4 Å². The van der Waals surface area contributed by atoms with Crippen LogP contribution in [0.15, 0.2) is 41.3 Å². The molecule has 2 aromatic rings. The minimum atomic E-state index is -3.74. The summed E-state index contributed by atoms with van der Waals surface area (Å²) >= 11 is 0. The number of amides is 2. The van der Waals surface area contributed by atoms with Crippen LogP contribution in [-0.2, 0) is 26.2 Å². The molecule has 1 saturated heterocycles. The lowest BCUT2D eigenvalue weighted by atomic mass is 9.97. The Morgan fingerprint density at radius 3 is 2.53 bits per heavy atom. The molecule has 2 aromatic carbocycles. The van der Waals surface area contributed by atoms with Crippen molar-refractivity contribution in [1.82, 2.24) is 9.62 Å². The average Bonchev–Trinajstić information content (AvgIpc) is 2.78. The summed E-state index contributed by atoms with van der Waals surface area (Å²) in [4.78, 5) is 24.2. The molecule has 9 heteroatoms. The van der Waals surface area contributed by atoms with Crippen molar-refractivity contribution < 1.29 is 22.7 Å². The Kier molecular flexibility index (Phi) is 6.21. The van der Waals surface area contributed by atoms with Gasteiger partial charge in [-0.25, -0.2) is 8.42 Å². The quantitative estimate of drug-likeness (QED) is 0.717. The first-order chi connectivity index (χ1) is 15.2. The van der Waals surface area contributed by atoms with E-state index in [2.05, 4.69) is 10.6 Å². The number of anilines is 1. The minimum Gasteiger partial charge on any atom is -0.482 e. The number of rotatable bonds is 5. The third kappa shape index (κ3) is 4.63. The molecule has 0 aromatic heterocycles. The Labute approximate surface area is 188 Å². The fourth-order valence-corrected chi connectivity index (χ4v) is 5.72. The van der Waals surface area contributed by atoms with Gasteiger partial charge in [0.15, 0.2) is 6.61 Å². The highest BCUT2D eigenvalue weighted by Gasteiger charge is 2.34. The Balaban J connectivity index is 1.38. The second kappa shape index (κ2) is 8.91. The lowest BCUT2D eigenvalue weighted by Crippen LogP contribution is -2.43. The molecular formula is C23H27N3O5S. The number of sulfonamides is 1. The van der Waals surface area contributed by atoms with Gasteiger partial charge in [-0.05, 0) is 43.9 Å². The zero-order chi connectivity index (χ0) is 22.9. The van der Waals surface area contributed by atoms with E-state index in [0.717, 1.165) is 5.56 Å². The molecule has 0 aliphatic carbocycles. The number of piperidine rings is 1. The summed E-state index contributed by atoms with van der Waals surface area (Å²) in [6.07, 6.45) is 0.936. The molecule has 0 atom stereocenters. The van der Waals surface area contributed by atoms with Gasteiger partial charge in [0.25, 0.3) is 5.91 Å². The normalized spacial score (nSPS) is 17.2. The lowest BCUT2D eigenvalue weighted by molar-refractivity contribution is -0.126. The molecule has 0 spiro atoms. The molecule has 32 heavy (non-hydrogen) atoms. The van der Waals surface area contributed by atoms with Crippen LogP contribution >= 0.6 is 0 Å². The van der Waals surface area contributed by atoms with Gasteiger partial charge in [-0.15, -0.1) is 0 Å². The van der Waals surface area contributed by atoms with Gasteiger partial charge in [-0.2, -0.15) is 4.31 Å². The largest absolute Gasteiger partial charge is 0.482 e. The summed E-state index contributed by atoms with van der Waals surface area (Å²) in [5.41, 5.74) is 3.21. The second-order valence-corrected chi connectivity index (χ2v) is 10.2. The van der Waals surface area contributed by atoms with Gasteiger partial charge in [-0.3, -0.25) is 9.59 Å². The maximum atomic E-state index is 13.3. The molecule has 2 aliphatic heterocycles. The summed E-state index contributed by atoms with van der Waals surface area (Å²) in [6, 6.07) is 11.1. The monoisotopic (exact) mass is 457 g/mol. The Bertz CT molecular complexity index is 1140. The molecule has 1 fully saturated rings. The van der Waals surface area contributed by atoms with E-state index in [1.54, 1.807) is 13.0 Å². The molecule has 2 N–H and O–H groups in total. The number of benzene rings is 2. The molecule has 170 valence electrons. The van der Waals surface area contributed by atoms with Crippen LogP contribution in [-0.4, -0.2) is 44.2 Å². The van der Waals surface area contributed by atoms with Crippen LogP contribution in [0.25, 0.3) is 0 Å². The summed E-state index contributed by atoms with van der Waals surface area (Å²) in [5.74, 6) is -0.179. The number of carbonyl (C=O) groups excluding carboxylic acids is 2. The Morgan fingerprint density at radius 1 is 1.16 bits per heavy atom. The van der Waals surface area contributed by atoms with Crippen LogP contribution in [0.3, 0.4) is 0 Å². The fraction of sp³-hybridized carbons (Fsp3) is 0.391. The van der Waals surface area contributed by atoms with E-state index >= 15 is 0 Å². The van der Waals surface area contributed by atoms with Crippen LogP contribution in [0.5, 0.6) is 5.75 Å². The van der Waals surface area contributed by atoms with E-state index < -0.39 is 10.0 Å².